The van der Waals surface area contributed by atoms with Gasteiger partial charge in [-0.25, -0.2) is 0 Å². The second-order valence-electron chi connectivity index (χ2n) is 5.82. The molecule has 4 rings (SSSR count). The SMILES string of the molecule is CN1CC=C(COc2ccccc2)c2c1c1ccccc1sc2=O. The topological polar surface area (TPSA) is 29.5 Å². The predicted molar refractivity (Wildman–Crippen MR) is 101 cm³/mol. The Balaban J connectivity index is 1.78. The molecule has 0 atom stereocenters. The maximum atomic E-state index is 12.7. The summed E-state index contributed by atoms with van der Waals surface area (Å²) in [6, 6.07) is 17.8. The quantitative estimate of drug-likeness (QED) is 0.719. The molecule has 3 aromatic rings. The van der Waals surface area contributed by atoms with Gasteiger partial charge in [0, 0.05) is 29.3 Å². The van der Waals surface area contributed by atoms with Crippen LogP contribution in [0, 0.1) is 0 Å². The number of rotatable bonds is 3. The van der Waals surface area contributed by atoms with Gasteiger partial charge in [-0.3, -0.25) is 4.79 Å². The summed E-state index contributed by atoms with van der Waals surface area (Å²) in [5, 5.41) is 1.13. The molecule has 1 aromatic heterocycles. The number of ether oxygens (including phenoxy) is 1. The van der Waals surface area contributed by atoms with Gasteiger partial charge in [0.05, 0.1) is 11.3 Å². The van der Waals surface area contributed by atoms with E-state index in [9.17, 15) is 4.79 Å². The van der Waals surface area contributed by atoms with E-state index in [1.165, 1.54) is 11.3 Å². The Morgan fingerprint density at radius 3 is 2.67 bits per heavy atom. The van der Waals surface area contributed by atoms with Crippen LogP contribution in [0.4, 0.5) is 5.69 Å². The third-order valence-electron chi connectivity index (χ3n) is 4.24. The fourth-order valence-electron chi connectivity index (χ4n) is 3.06. The molecule has 2 aromatic carbocycles. The summed E-state index contributed by atoms with van der Waals surface area (Å²) in [6.45, 7) is 1.18. The van der Waals surface area contributed by atoms with E-state index >= 15 is 0 Å². The monoisotopic (exact) mass is 335 g/mol. The standard InChI is InChI=1S/C20H17NO2S/c1-21-12-11-14(13-23-15-7-3-2-4-8-15)18-19(21)16-9-5-6-10-17(16)24-20(18)22/h2-11H,12-13H2,1H3. The predicted octanol–water partition coefficient (Wildman–Crippen LogP) is 4.17. The van der Waals surface area contributed by atoms with Crippen molar-refractivity contribution in [3.8, 4) is 5.75 Å². The van der Waals surface area contributed by atoms with Crippen LogP contribution in [0.15, 0.2) is 65.5 Å². The Bertz CT molecular complexity index is 976. The van der Waals surface area contributed by atoms with Crippen LogP contribution in [-0.4, -0.2) is 20.2 Å². The highest BCUT2D eigenvalue weighted by Crippen LogP contribution is 2.36. The molecule has 1 aliphatic heterocycles. The second kappa shape index (κ2) is 6.13. The zero-order valence-electron chi connectivity index (χ0n) is 13.4. The summed E-state index contributed by atoms with van der Waals surface area (Å²) in [4.78, 5) is 14.9. The molecule has 0 saturated carbocycles. The summed E-state index contributed by atoms with van der Waals surface area (Å²) in [7, 11) is 2.03. The Labute approximate surface area is 144 Å². The van der Waals surface area contributed by atoms with E-state index in [0.29, 0.717) is 6.61 Å². The van der Waals surface area contributed by atoms with Crippen molar-refractivity contribution in [1.82, 2.24) is 0 Å². The highest BCUT2D eigenvalue weighted by atomic mass is 32.1. The Kier molecular flexibility index (Phi) is 3.82. The fraction of sp³-hybridized carbons (Fsp3) is 0.150. The molecule has 3 nitrogen and oxygen atoms in total. The van der Waals surface area contributed by atoms with E-state index in [-0.39, 0.29) is 4.74 Å². The Hall–Kier alpha value is -2.59. The molecule has 24 heavy (non-hydrogen) atoms. The first-order valence-electron chi connectivity index (χ1n) is 7.88. The number of fused-ring (bicyclic) bond motifs is 3. The zero-order valence-corrected chi connectivity index (χ0v) is 14.2. The molecular formula is C20H17NO2S. The average Bonchev–Trinajstić information content (AvgIpc) is 2.62. The highest BCUT2D eigenvalue weighted by molar-refractivity contribution is 7.16. The molecule has 0 N–H and O–H groups in total. The molecule has 1 aliphatic rings. The number of anilines is 1. The normalized spacial score (nSPS) is 13.5. The fourth-order valence-corrected chi connectivity index (χ4v) is 4.01. The molecule has 0 amide bonds. The summed E-state index contributed by atoms with van der Waals surface area (Å²) < 4.78 is 7.01. The van der Waals surface area contributed by atoms with Crippen LogP contribution in [0.25, 0.3) is 15.7 Å². The van der Waals surface area contributed by atoms with Crippen LogP contribution in [0.2, 0.25) is 0 Å². The van der Waals surface area contributed by atoms with E-state index in [4.69, 9.17) is 4.74 Å². The third-order valence-corrected chi connectivity index (χ3v) is 5.20. The number of likely N-dealkylation sites (N-methyl/N-ethyl adjacent to an activating group) is 1. The molecule has 0 spiro atoms. The summed E-state index contributed by atoms with van der Waals surface area (Å²) in [5.41, 5.74) is 2.77. The van der Waals surface area contributed by atoms with Crippen LogP contribution >= 0.6 is 11.3 Å². The van der Waals surface area contributed by atoms with E-state index in [1.54, 1.807) is 0 Å². The lowest BCUT2D eigenvalue weighted by Gasteiger charge is -2.28. The van der Waals surface area contributed by atoms with Crippen molar-refractivity contribution in [3.05, 3.63) is 75.8 Å². The minimum absolute atomic E-state index is 0.0955. The van der Waals surface area contributed by atoms with E-state index in [1.807, 2.05) is 55.6 Å². The van der Waals surface area contributed by atoms with Gasteiger partial charge in [-0.1, -0.05) is 53.8 Å². The molecule has 4 heteroatoms. The van der Waals surface area contributed by atoms with Crippen molar-refractivity contribution in [2.24, 2.45) is 0 Å². The van der Waals surface area contributed by atoms with Crippen molar-refractivity contribution >= 4 is 32.7 Å². The first kappa shape index (κ1) is 15.0. The second-order valence-corrected chi connectivity index (χ2v) is 6.84. The lowest BCUT2D eigenvalue weighted by Crippen LogP contribution is -2.27. The van der Waals surface area contributed by atoms with Gasteiger partial charge in [-0.05, 0) is 18.2 Å². The number of hydrogen-bond donors (Lipinski definition) is 0. The van der Waals surface area contributed by atoms with Crippen LogP contribution in [-0.2, 0) is 0 Å². The summed E-state index contributed by atoms with van der Waals surface area (Å²) in [6.07, 6.45) is 2.09. The Morgan fingerprint density at radius 1 is 1.08 bits per heavy atom. The van der Waals surface area contributed by atoms with Crippen LogP contribution in [0.5, 0.6) is 5.75 Å². The van der Waals surface area contributed by atoms with Crippen molar-refractivity contribution in [2.75, 3.05) is 25.1 Å². The van der Waals surface area contributed by atoms with Gasteiger partial charge in [0.1, 0.15) is 12.4 Å². The molecule has 120 valence electrons. The van der Waals surface area contributed by atoms with Crippen molar-refractivity contribution in [2.45, 2.75) is 0 Å². The molecule has 0 bridgehead atoms. The van der Waals surface area contributed by atoms with Gasteiger partial charge in [-0.2, -0.15) is 0 Å². The molecular weight excluding hydrogens is 318 g/mol. The highest BCUT2D eigenvalue weighted by Gasteiger charge is 2.23. The smallest absolute Gasteiger partial charge is 0.242 e. The molecule has 0 saturated heterocycles. The maximum Gasteiger partial charge on any atom is 0.242 e. The number of benzene rings is 2. The summed E-state index contributed by atoms with van der Waals surface area (Å²) in [5.74, 6) is 0.816. The number of hydrogen-bond acceptors (Lipinski definition) is 4. The van der Waals surface area contributed by atoms with Crippen LogP contribution in [0.1, 0.15) is 5.56 Å². The van der Waals surface area contributed by atoms with Gasteiger partial charge in [0.2, 0.25) is 4.74 Å². The molecule has 2 heterocycles. The number of para-hydroxylation sites is 1. The van der Waals surface area contributed by atoms with Crippen molar-refractivity contribution < 1.29 is 4.74 Å². The maximum absolute atomic E-state index is 12.7. The average molecular weight is 335 g/mol. The largest absolute Gasteiger partial charge is 0.489 e. The first-order valence-corrected chi connectivity index (χ1v) is 8.70. The third kappa shape index (κ3) is 2.59. The zero-order chi connectivity index (χ0) is 16.5. The lowest BCUT2D eigenvalue weighted by molar-refractivity contribution is 0.369. The van der Waals surface area contributed by atoms with Gasteiger partial charge < -0.3 is 9.64 Å². The van der Waals surface area contributed by atoms with Gasteiger partial charge in [0.25, 0.3) is 0 Å². The molecule has 0 unspecified atom stereocenters. The van der Waals surface area contributed by atoms with Gasteiger partial charge >= 0.3 is 0 Å². The van der Waals surface area contributed by atoms with Crippen molar-refractivity contribution in [1.29, 1.82) is 0 Å². The minimum atomic E-state index is 0.0955. The minimum Gasteiger partial charge on any atom is -0.489 e. The first-order chi connectivity index (χ1) is 11.7. The van der Waals surface area contributed by atoms with Crippen LogP contribution in [0.3, 0.4) is 0 Å². The van der Waals surface area contributed by atoms with E-state index < -0.39 is 0 Å². The lowest BCUT2D eigenvalue weighted by atomic mass is 10.0. The van der Waals surface area contributed by atoms with Crippen molar-refractivity contribution in [3.63, 3.8) is 0 Å². The van der Waals surface area contributed by atoms with E-state index in [2.05, 4.69) is 17.0 Å². The molecule has 0 fully saturated rings. The Morgan fingerprint density at radius 2 is 1.83 bits per heavy atom. The molecule has 0 radical (unpaired) electrons. The molecule has 0 aliphatic carbocycles. The number of nitrogens with zero attached hydrogens (tertiary/aromatic N) is 1. The van der Waals surface area contributed by atoms with Gasteiger partial charge in [0.15, 0.2) is 0 Å². The van der Waals surface area contributed by atoms with Crippen LogP contribution < -0.4 is 14.4 Å². The summed E-state index contributed by atoms with van der Waals surface area (Å²) >= 11 is 1.31. The van der Waals surface area contributed by atoms with E-state index in [0.717, 1.165) is 39.2 Å². The van der Waals surface area contributed by atoms with Gasteiger partial charge in [-0.15, -0.1) is 0 Å².